The molecule has 0 radical (unpaired) electrons. The van der Waals surface area contributed by atoms with E-state index in [-0.39, 0.29) is 35.1 Å². The largest absolute Gasteiger partial charge is 0.425 e. The minimum absolute atomic E-state index is 0.0832. The number of nitrogens with zero attached hydrogens (tertiary/aromatic N) is 4. The molecule has 1 amide bonds. The third-order valence-electron chi connectivity index (χ3n) is 12.4. The predicted octanol–water partition coefficient (Wildman–Crippen LogP) is 7.62. The molecule has 1 unspecified atom stereocenters. The Labute approximate surface area is 287 Å². The van der Waals surface area contributed by atoms with Crippen molar-refractivity contribution in [3.63, 3.8) is 0 Å². The molecule has 7 nitrogen and oxygen atoms in total. The van der Waals surface area contributed by atoms with Crippen LogP contribution in [0.3, 0.4) is 0 Å². The van der Waals surface area contributed by atoms with Crippen molar-refractivity contribution >= 4 is 17.5 Å². The Hall–Kier alpha value is -2.88. The Bertz CT molecular complexity index is 1680. The maximum Gasteiger partial charge on any atom is 0.226 e. The Morgan fingerprint density at radius 2 is 1.75 bits per heavy atom. The van der Waals surface area contributed by atoms with Gasteiger partial charge < -0.3 is 19.0 Å². The monoisotopic (exact) mass is 680 g/mol. The normalized spacial score (nSPS) is 26.1. The first-order valence-corrected chi connectivity index (χ1v) is 17.9. The van der Waals surface area contributed by atoms with E-state index in [9.17, 15) is 9.18 Å². The molecule has 1 aromatic heterocycles. The molecule has 2 aromatic carbocycles. The Morgan fingerprint density at radius 3 is 2.42 bits per heavy atom. The standard InChI is InChI=1S/C38H47ClF2N4O3/c1-22-16-30-31(20-33(22)39)38(21-32(30)37(3,4)36-43-42-23(2)48-36)10-12-45(13-11-38)35(46)29-19-26(44(5)25-8-14-47-15-9-25)18-28(29)27-7-6-24(40)17-34(27)41/h6-7,16-17,20,25-26,28-29,32H,8-15,18-19,21H2,1-5H3/t26?,28-,29+,32-/m0/s1. The van der Waals surface area contributed by atoms with Crippen LogP contribution < -0.4 is 0 Å². The molecule has 3 heterocycles. The van der Waals surface area contributed by atoms with Crippen LogP contribution in [-0.2, 0) is 20.4 Å². The Balaban J connectivity index is 1.14. The number of amides is 1. The number of aromatic nitrogens is 2. The molecule has 48 heavy (non-hydrogen) atoms. The quantitative estimate of drug-likeness (QED) is 0.267. The van der Waals surface area contributed by atoms with Crippen LogP contribution in [0.15, 0.2) is 34.7 Å². The number of aryl methyl sites for hydroxylation is 2. The van der Waals surface area contributed by atoms with E-state index < -0.39 is 17.0 Å². The number of rotatable bonds is 6. The summed E-state index contributed by atoms with van der Waals surface area (Å²) in [4.78, 5) is 18.9. The Morgan fingerprint density at radius 1 is 1.02 bits per heavy atom. The van der Waals surface area contributed by atoms with Crippen molar-refractivity contribution in [3.05, 3.63) is 81.0 Å². The van der Waals surface area contributed by atoms with Crippen molar-refractivity contribution in [2.24, 2.45) is 5.92 Å². The smallest absolute Gasteiger partial charge is 0.226 e. The fourth-order valence-electron chi connectivity index (χ4n) is 9.43. The van der Waals surface area contributed by atoms with E-state index in [4.69, 9.17) is 20.8 Å². The maximum absolute atomic E-state index is 15.3. The number of hydrogen-bond acceptors (Lipinski definition) is 6. The lowest BCUT2D eigenvalue weighted by atomic mass is 9.70. The van der Waals surface area contributed by atoms with Gasteiger partial charge in [0.2, 0.25) is 17.7 Å². The van der Waals surface area contributed by atoms with Gasteiger partial charge in [0, 0.05) is 67.7 Å². The van der Waals surface area contributed by atoms with Crippen LogP contribution in [0.5, 0.6) is 0 Å². The van der Waals surface area contributed by atoms with E-state index in [1.807, 2.05) is 18.7 Å². The third kappa shape index (κ3) is 5.87. The summed E-state index contributed by atoms with van der Waals surface area (Å²) in [6.45, 7) is 10.9. The van der Waals surface area contributed by atoms with Gasteiger partial charge in [-0.3, -0.25) is 4.79 Å². The summed E-state index contributed by atoms with van der Waals surface area (Å²) in [5.41, 5.74) is 3.51. The van der Waals surface area contributed by atoms with Gasteiger partial charge in [-0.25, -0.2) is 8.78 Å². The van der Waals surface area contributed by atoms with Crippen molar-refractivity contribution in [2.75, 3.05) is 33.4 Å². The highest BCUT2D eigenvalue weighted by atomic mass is 35.5. The van der Waals surface area contributed by atoms with Gasteiger partial charge in [-0.2, -0.15) is 0 Å². The van der Waals surface area contributed by atoms with Crippen molar-refractivity contribution in [1.29, 1.82) is 0 Å². The van der Waals surface area contributed by atoms with E-state index in [1.165, 1.54) is 17.2 Å². The first-order chi connectivity index (χ1) is 22.9. The van der Waals surface area contributed by atoms with Crippen LogP contribution in [0, 0.1) is 31.4 Å². The zero-order chi connectivity index (χ0) is 34.0. The van der Waals surface area contributed by atoms with Crippen molar-refractivity contribution in [2.45, 2.75) is 107 Å². The van der Waals surface area contributed by atoms with E-state index in [1.54, 1.807) is 6.07 Å². The molecule has 2 aliphatic carbocycles. The molecule has 3 aromatic rings. The van der Waals surface area contributed by atoms with Gasteiger partial charge in [0.25, 0.3) is 0 Å². The second-order valence-electron chi connectivity index (χ2n) is 15.4. The summed E-state index contributed by atoms with van der Waals surface area (Å²) >= 11 is 6.76. The number of fused-ring (bicyclic) bond motifs is 2. The van der Waals surface area contributed by atoms with Gasteiger partial charge >= 0.3 is 0 Å². The molecule has 258 valence electrons. The number of hydrogen-bond donors (Lipinski definition) is 0. The molecule has 4 aliphatic rings. The van der Waals surface area contributed by atoms with Gasteiger partial charge in [-0.1, -0.05) is 37.6 Å². The molecule has 2 saturated heterocycles. The summed E-state index contributed by atoms with van der Waals surface area (Å²) in [7, 11) is 2.13. The van der Waals surface area contributed by atoms with Crippen LogP contribution in [0.4, 0.5) is 8.78 Å². The highest BCUT2D eigenvalue weighted by molar-refractivity contribution is 6.31. The van der Waals surface area contributed by atoms with Gasteiger partial charge in [0.15, 0.2) is 0 Å². The highest BCUT2D eigenvalue weighted by Gasteiger charge is 2.53. The summed E-state index contributed by atoms with van der Waals surface area (Å²) in [6.07, 6.45) is 5.76. The number of piperidine rings is 1. The minimum Gasteiger partial charge on any atom is -0.425 e. The number of benzene rings is 2. The topological polar surface area (TPSA) is 71.7 Å². The van der Waals surface area contributed by atoms with Gasteiger partial charge in [0.1, 0.15) is 11.6 Å². The van der Waals surface area contributed by atoms with E-state index in [2.05, 4.69) is 48.1 Å². The Kier molecular flexibility index (Phi) is 8.95. The summed E-state index contributed by atoms with van der Waals surface area (Å²) in [5.74, 6) is -0.426. The lowest BCUT2D eigenvalue weighted by Crippen LogP contribution is -2.47. The van der Waals surface area contributed by atoms with E-state index in [0.717, 1.165) is 62.0 Å². The van der Waals surface area contributed by atoms with Crippen LogP contribution >= 0.6 is 11.6 Å². The zero-order valence-corrected chi connectivity index (χ0v) is 29.5. The fourth-order valence-corrected chi connectivity index (χ4v) is 9.59. The van der Waals surface area contributed by atoms with Crippen LogP contribution in [0.2, 0.25) is 5.02 Å². The molecule has 4 atom stereocenters. The molecule has 3 fully saturated rings. The van der Waals surface area contributed by atoms with Crippen molar-refractivity contribution < 1.29 is 22.7 Å². The molecule has 2 aliphatic heterocycles. The number of carbonyl (C=O) groups excluding carboxylic acids is 1. The average Bonchev–Trinajstić information content (AvgIpc) is 3.79. The van der Waals surface area contributed by atoms with Gasteiger partial charge in [-0.05, 0) is 111 Å². The minimum atomic E-state index is -0.600. The van der Waals surface area contributed by atoms with Crippen LogP contribution in [0.25, 0.3) is 0 Å². The highest BCUT2D eigenvalue weighted by Crippen LogP contribution is 2.58. The average molecular weight is 681 g/mol. The predicted molar refractivity (Wildman–Crippen MR) is 180 cm³/mol. The van der Waals surface area contributed by atoms with E-state index >= 15 is 4.39 Å². The molecule has 0 N–H and O–H groups in total. The maximum atomic E-state index is 15.3. The van der Waals surface area contributed by atoms with E-state index in [0.29, 0.717) is 49.3 Å². The first kappa shape index (κ1) is 33.6. The van der Waals surface area contributed by atoms with Crippen molar-refractivity contribution in [1.82, 2.24) is 20.0 Å². The third-order valence-corrected chi connectivity index (χ3v) is 12.8. The zero-order valence-electron chi connectivity index (χ0n) is 28.7. The van der Waals surface area contributed by atoms with Crippen LogP contribution in [-0.4, -0.2) is 71.3 Å². The molecule has 1 spiro atoms. The van der Waals surface area contributed by atoms with Gasteiger partial charge in [-0.15, -0.1) is 10.2 Å². The number of halogens is 3. The fraction of sp³-hybridized carbons (Fsp3) is 0.605. The number of ether oxygens (including phenoxy) is 1. The molecular formula is C38H47ClF2N4O3. The molecule has 7 rings (SSSR count). The second kappa shape index (κ2) is 12.8. The molecule has 10 heteroatoms. The van der Waals surface area contributed by atoms with Gasteiger partial charge in [0.05, 0.1) is 0 Å². The first-order valence-electron chi connectivity index (χ1n) is 17.5. The number of likely N-dealkylation sites (tertiary alicyclic amines) is 1. The SMILES string of the molecule is Cc1nnc(C(C)(C)[C@H]2CC3(CCN(C(=O)[C@@H]4CC(N(C)C5CCOCC5)C[C@H]4c4ccc(F)cc4F)CC3)c3cc(Cl)c(C)cc32)o1. The van der Waals surface area contributed by atoms with Crippen LogP contribution in [0.1, 0.15) is 105 Å². The number of carbonyl (C=O) groups is 1. The van der Waals surface area contributed by atoms with Crippen molar-refractivity contribution in [3.8, 4) is 0 Å². The summed E-state index contributed by atoms with van der Waals surface area (Å²) in [6, 6.07) is 8.71. The second-order valence-corrected chi connectivity index (χ2v) is 15.8. The lowest BCUT2D eigenvalue weighted by Gasteiger charge is -2.42. The lowest BCUT2D eigenvalue weighted by molar-refractivity contribution is -0.137. The molecule has 1 saturated carbocycles. The molecule has 0 bridgehead atoms. The summed E-state index contributed by atoms with van der Waals surface area (Å²) in [5, 5.41) is 9.31. The molecular weight excluding hydrogens is 634 g/mol. The summed E-state index contributed by atoms with van der Waals surface area (Å²) < 4.78 is 40.9.